The summed E-state index contributed by atoms with van der Waals surface area (Å²) in [6, 6.07) is 7.27. The molecule has 1 heterocycles. The molecule has 0 radical (unpaired) electrons. The lowest BCUT2D eigenvalue weighted by Crippen LogP contribution is -2.23. The van der Waals surface area contributed by atoms with Crippen molar-refractivity contribution >= 4 is 18.0 Å². The summed E-state index contributed by atoms with van der Waals surface area (Å²) in [5.74, 6) is -1.17. The maximum absolute atomic E-state index is 11.9. The quantitative estimate of drug-likeness (QED) is 0.729. The first-order valence-electron chi connectivity index (χ1n) is 6.34. The van der Waals surface area contributed by atoms with Gasteiger partial charge in [-0.15, -0.1) is 0 Å². The van der Waals surface area contributed by atoms with Crippen molar-refractivity contribution in [3.05, 3.63) is 58.9 Å². The lowest BCUT2D eigenvalue weighted by molar-refractivity contribution is -0.131. The zero-order chi connectivity index (χ0) is 15.2. The van der Waals surface area contributed by atoms with Crippen LogP contribution in [0.1, 0.15) is 27.2 Å². The molecular weight excluding hydrogens is 270 g/mol. The summed E-state index contributed by atoms with van der Waals surface area (Å²) >= 11 is 0. The van der Waals surface area contributed by atoms with E-state index in [1.807, 2.05) is 12.1 Å². The summed E-state index contributed by atoms with van der Waals surface area (Å²) in [6.45, 7) is 2.18. The van der Waals surface area contributed by atoms with Crippen LogP contribution in [0.25, 0.3) is 6.08 Å². The number of carboxylic acid groups (broad SMARTS) is 1. The fraction of sp³-hybridized carbons (Fsp3) is 0.133. The predicted molar refractivity (Wildman–Crippen MR) is 77.6 cm³/mol. The van der Waals surface area contributed by atoms with Gasteiger partial charge in [0.25, 0.3) is 5.91 Å². The molecule has 3 N–H and O–H groups in total. The Morgan fingerprint density at radius 2 is 2.05 bits per heavy atom. The van der Waals surface area contributed by atoms with E-state index in [-0.39, 0.29) is 5.91 Å². The summed E-state index contributed by atoms with van der Waals surface area (Å²) in [4.78, 5) is 22.3. The maximum atomic E-state index is 11.9. The average molecular weight is 285 g/mol. The van der Waals surface area contributed by atoms with E-state index in [9.17, 15) is 9.59 Å². The number of hydrogen-bond acceptors (Lipinski definition) is 3. The van der Waals surface area contributed by atoms with Crippen molar-refractivity contribution in [3.8, 4) is 0 Å². The maximum Gasteiger partial charge on any atom is 0.328 e. The van der Waals surface area contributed by atoms with Crippen LogP contribution in [0.2, 0.25) is 0 Å². The van der Waals surface area contributed by atoms with Gasteiger partial charge in [0.05, 0.1) is 11.8 Å². The van der Waals surface area contributed by atoms with Crippen LogP contribution in [0.3, 0.4) is 0 Å². The van der Waals surface area contributed by atoms with Gasteiger partial charge in [0.15, 0.2) is 0 Å². The molecular formula is C15H15N3O3. The number of benzene rings is 1. The lowest BCUT2D eigenvalue weighted by Gasteiger charge is -2.05. The normalized spacial score (nSPS) is 10.7. The van der Waals surface area contributed by atoms with Gasteiger partial charge in [-0.25, -0.2) is 4.79 Å². The van der Waals surface area contributed by atoms with E-state index in [0.29, 0.717) is 12.1 Å². The summed E-state index contributed by atoms with van der Waals surface area (Å²) in [7, 11) is 0. The van der Waals surface area contributed by atoms with Gasteiger partial charge in [-0.05, 0) is 24.1 Å². The number of carboxylic acids is 1. The van der Waals surface area contributed by atoms with Gasteiger partial charge in [0.1, 0.15) is 0 Å². The number of aromatic amines is 1. The lowest BCUT2D eigenvalue weighted by atomic mass is 10.1. The third kappa shape index (κ3) is 4.04. The van der Waals surface area contributed by atoms with Crippen LogP contribution in [-0.4, -0.2) is 27.2 Å². The average Bonchev–Trinajstić information content (AvgIpc) is 2.90. The highest BCUT2D eigenvalue weighted by molar-refractivity contribution is 5.94. The minimum absolute atomic E-state index is 0.184. The second-order valence-corrected chi connectivity index (χ2v) is 4.50. The molecule has 6 heteroatoms. The predicted octanol–water partition coefficient (Wildman–Crippen LogP) is 1.75. The number of carbonyl (C=O) groups is 2. The second kappa shape index (κ2) is 6.51. The van der Waals surface area contributed by atoms with Crippen LogP contribution < -0.4 is 5.32 Å². The number of amides is 1. The number of aromatic nitrogens is 2. The molecule has 0 saturated carbocycles. The van der Waals surface area contributed by atoms with Crippen LogP contribution in [-0.2, 0) is 11.3 Å². The number of nitrogens with one attached hydrogen (secondary N) is 2. The molecule has 0 atom stereocenters. The van der Waals surface area contributed by atoms with Crippen LogP contribution in [0, 0.1) is 6.92 Å². The molecule has 0 aliphatic heterocycles. The summed E-state index contributed by atoms with van der Waals surface area (Å²) in [6.07, 6.45) is 4.09. The molecule has 1 aromatic heterocycles. The zero-order valence-corrected chi connectivity index (χ0v) is 11.5. The molecule has 1 aromatic carbocycles. The molecule has 0 fully saturated rings. The van der Waals surface area contributed by atoms with Crippen molar-refractivity contribution in [1.82, 2.24) is 15.5 Å². The largest absolute Gasteiger partial charge is 0.478 e. The Kier molecular flexibility index (Phi) is 4.50. The van der Waals surface area contributed by atoms with Crippen molar-refractivity contribution in [3.63, 3.8) is 0 Å². The number of H-pyrrole nitrogens is 1. The number of rotatable bonds is 5. The number of aliphatic carboxylic acids is 1. The Morgan fingerprint density at radius 1 is 1.33 bits per heavy atom. The van der Waals surface area contributed by atoms with Gasteiger partial charge in [0.2, 0.25) is 0 Å². The Bertz CT molecular complexity index is 672. The number of carbonyl (C=O) groups excluding carboxylic acids is 1. The Morgan fingerprint density at radius 3 is 2.62 bits per heavy atom. The molecule has 0 aliphatic carbocycles. The first kappa shape index (κ1) is 14.5. The van der Waals surface area contributed by atoms with Crippen molar-refractivity contribution in [2.24, 2.45) is 0 Å². The minimum Gasteiger partial charge on any atom is -0.478 e. The fourth-order valence-corrected chi connectivity index (χ4v) is 1.77. The highest BCUT2D eigenvalue weighted by atomic mass is 16.4. The van der Waals surface area contributed by atoms with Crippen LogP contribution >= 0.6 is 0 Å². The molecule has 0 bridgehead atoms. The van der Waals surface area contributed by atoms with E-state index >= 15 is 0 Å². The summed E-state index contributed by atoms with van der Waals surface area (Å²) in [5, 5.41) is 17.9. The van der Waals surface area contributed by atoms with Crippen LogP contribution in [0.15, 0.2) is 36.5 Å². The monoisotopic (exact) mass is 285 g/mol. The molecule has 0 unspecified atom stereocenters. The van der Waals surface area contributed by atoms with Gasteiger partial charge in [-0.3, -0.25) is 9.89 Å². The molecule has 2 aromatic rings. The first-order valence-corrected chi connectivity index (χ1v) is 6.34. The van der Waals surface area contributed by atoms with Crippen molar-refractivity contribution in [1.29, 1.82) is 0 Å². The zero-order valence-electron chi connectivity index (χ0n) is 11.5. The second-order valence-electron chi connectivity index (χ2n) is 4.50. The highest BCUT2D eigenvalue weighted by Gasteiger charge is 2.09. The van der Waals surface area contributed by atoms with E-state index in [2.05, 4.69) is 15.5 Å². The van der Waals surface area contributed by atoms with Crippen molar-refractivity contribution in [2.45, 2.75) is 13.5 Å². The van der Waals surface area contributed by atoms with Gasteiger partial charge in [-0.2, -0.15) is 5.10 Å². The molecule has 2 rings (SSSR count). The molecule has 0 spiro atoms. The molecule has 0 saturated heterocycles. The third-order valence-corrected chi connectivity index (χ3v) is 2.93. The number of aryl methyl sites for hydroxylation is 1. The van der Waals surface area contributed by atoms with Crippen molar-refractivity contribution < 1.29 is 14.7 Å². The van der Waals surface area contributed by atoms with Crippen LogP contribution in [0.4, 0.5) is 0 Å². The topological polar surface area (TPSA) is 95.1 Å². The summed E-state index contributed by atoms with van der Waals surface area (Å²) < 4.78 is 0. The van der Waals surface area contributed by atoms with E-state index in [4.69, 9.17) is 5.11 Å². The van der Waals surface area contributed by atoms with Crippen molar-refractivity contribution in [2.75, 3.05) is 0 Å². The number of hydrogen-bond donors (Lipinski definition) is 3. The van der Waals surface area contributed by atoms with E-state index in [1.54, 1.807) is 19.1 Å². The SMILES string of the molecule is Cc1[nH]ncc1C(=O)NCc1ccc(C=CC(=O)O)cc1. The molecule has 6 nitrogen and oxygen atoms in total. The van der Waals surface area contributed by atoms with Crippen LogP contribution in [0.5, 0.6) is 0 Å². The van der Waals surface area contributed by atoms with Gasteiger partial charge < -0.3 is 10.4 Å². The molecule has 108 valence electrons. The first-order chi connectivity index (χ1) is 10.1. The molecule has 1 amide bonds. The van der Waals surface area contributed by atoms with Gasteiger partial charge >= 0.3 is 5.97 Å². The van der Waals surface area contributed by atoms with E-state index in [1.165, 1.54) is 12.3 Å². The standard InChI is InChI=1S/C15H15N3O3/c1-10-13(9-17-18-10)15(21)16-8-12-4-2-11(3-5-12)6-7-14(19)20/h2-7,9H,8H2,1H3,(H,16,21)(H,17,18)(H,19,20). The fourth-order valence-electron chi connectivity index (χ4n) is 1.77. The highest BCUT2D eigenvalue weighted by Crippen LogP contribution is 2.07. The summed E-state index contributed by atoms with van der Waals surface area (Å²) in [5.41, 5.74) is 2.97. The smallest absolute Gasteiger partial charge is 0.328 e. The Labute approximate surface area is 121 Å². The van der Waals surface area contributed by atoms with Gasteiger partial charge in [-0.1, -0.05) is 24.3 Å². The van der Waals surface area contributed by atoms with E-state index < -0.39 is 5.97 Å². The number of nitrogens with zero attached hydrogens (tertiary/aromatic N) is 1. The molecule has 21 heavy (non-hydrogen) atoms. The van der Waals surface area contributed by atoms with Gasteiger partial charge in [0, 0.05) is 18.3 Å². The minimum atomic E-state index is -0.984. The Balaban J connectivity index is 1.93. The molecule has 0 aliphatic rings. The Hall–Kier alpha value is -2.89. The van der Waals surface area contributed by atoms with E-state index in [0.717, 1.165) is 22.9 Å². The third-order valence-electron chi connectivity index (χ3n) is 2.93.